The van der Waals surface area contributed by atoms with Crippen molar-refractivity contribution in [2.75, 3.05) is 39.4 Å². The molecule has 0 radical (unpaired) electrons. The summed E-state index contributed by atoms with van der Waals surface area (Å²) in [6.45, 7) is 7.05. The average Bonchev–Trinajstić information content (AvgIpc) is 2.61. The van der Waals surface area contributed by atoms with Crippen LogP contribution in [0.3, 0.4) is 0 Å². The fourth-order valence-corrected chi connectivity index (χ4v) is 2.60. The van der Waals surface area contributed by atoms with Gasteiger partial charge in [-0.25, -0.2) is 4.99 Å². The van der Waals surface area contributed by atoms with Crippen LogP contribution in [-0.2, 0) is 17.8 Å². The molecule has 0 bridgehead atoms. The first-order valence-corrected chi connectivity index (χ1v) is 8.93. The van der Waals surface area contributed by atoms with E-state index in [4.69, 9.17) is 4.74 Å². The summed E-state index contributed by atoms with van der Waals surface area (Å²) in [5, 5.41) is 5.67. The minimum absolute atomic E-state index is 0. The van der Waals surface area contributed by atoms with Crippen LogP contribution >= 0.6 is 24.0 Å². The number of rotatable bonds is 7. The molecule has 2 rings (SSSR count). The number of ether oxygens (including phenoxy) is 1. The van der Waals surface area contributed by atoms with E-state index in [2.05, 4.69) is 32.7 Å². The molecular weight excluding hydrogens is 472 g/mol. The molecule has 0 unspecified atom stereocenters. The first-order chi connectivity index (χ1) is 12.5. The van der Waals surface area contributed by atoms with Crippen LogP contribution in [-0.4, -0.2) is 56.4 Å². The molecule has 1 aromatic rings. The molecule has 1 aliphatic heterocycles. The number of benzene rings is 1. The van der Waals surface area contributed by atoms with Crippen LogP contribution in [0.25, 0.3) is 0 Å². The fourth-order valence-electron chi connectivity index (χ4n) is 2.60. The first kappa shape index (κ1) is 24.0. The highest BCUT2D eigenvalue weighted by Gasteiger charge is 2.26. The van der Waals surface area contributed by atoms with Crippen LogP contribution in [0, 0.1) is 0 Å². The summed E-state index contributed by atoms with van der Waals surface area (Å²) in [5.74, 6) is 0.397. The largest absolute Gasteiger partial charge is 0.390 e. The molecule has 154 valence electrons. The number of morpholine rings is 1. The molecular formula is C18H28F3IN4O. The van der Waals surface area contributed by atoms with Gasteiger partial charge < -0.3 is 15.4 Å². The van der Waals surface area contributed by atoms with Crippen molar-refractivity contribution in [3.05, 3.63) is 35.4 Å². The van der Waals surface area contributed by atoms with Crippen molar-refractivity contribution in [1.82, 2.24) is 15.5 Å². The molecule has 0 spiro atoms. The van der Waals surface area contributed by atoms with Crippen LogP contribution in [0.2, 0.25) is 0 Å². The third kappa shape index (κ3) is 10.2. The number of halogens is 4. The van der Waals surface area contributed by atoms with Crippen molar-refractivity contribution >= 4 is 29.9 Å². The Morgan fingerprint density at radius 2 is 1.74 bits per heavy atom. The molecule has 9 heteroatoms. The van der Waals surface area contributed by atoms with Gasteiger partial charge >= 0.3 is 6.18 Å². The molecule has 0 aromatic heterocycles. The van der Waals surface area contributed by atoms with E-state index in [-0.39, 0.29) is 30.5 Å². The number of aliphatic imine (C=N–C) groups is 1. The molecule has 1 saturated heterocycles. The second kappa shape index (κ2) is 12.4. The molecule has 2 N–H and O–H groups in total. The average molecular weight is 500 g/mol. The van der Waals surface area contributed by atoms with Crippen LogP contribution in [0.15, 0.2) is 29.3 Å². The molecule has 0 atom stereocenters. The van der Waals surface area contributed by atoms with Gasteiger partial charge in [0.2, 0.25) is 0 Å². The summed E-state index contributed by atoms with van der Waals surface area (Å²) in [6.07, 6.45) is -5.05. The Kier molecular flexibility index (Phi) is 11.0. The highest BCUT2D eigenvalue weighted by atomic mass is 127. The van der Waals surface area contributed by atoms with Gasteiger partial charge in [0.15, 0.2) is 5.96 Å². The lowest BCUT2D eigenvalue weighted by Crippen LogP contribution is -2.38. The van der Waals surface area contributed by atoms with E-state index < -0.39 is 12.6 Å². The number of nitrogens with one attached hydrogen (secondary N) is 2. The van der Waals surface area contributed by atoms with Crippen LogP contribution < -0.4 is 10.6 Å². The summed E-state index contributed by atoms with van der Waals surface area (Å²) >= 11 is 0. The standard InChI is InChI=1S/C18H27F3N4O.HI/c1-2-22-17(23-8-7-18(19,20)21)24-13-15-3-5-16(6-4-15)14-25-9-11-26-12-10-25;/h3-6H,2,7-14H2,1H3,(H2,22,23,24);1H. The van der Waals surface area contributed by atoms with E-state index in [0.29, 0.717) is 19.0 Å². The molecule has 5 nitrogen and oxygen atoms in total. The number of guanidine groups is 1. The van der Waals surface area contributed by atoms with Crippen molar-refractivity contribution in [2.24, 2.45) is 4.99 Å². The van der Waals surface area contributed by atoms with Crippen LogP contribution in [0.1, 0.15) is 24.5 Å². The van der Waals surface area contributed by atoms with Gasteiger partial charge in [0, 0.05) is 32.7 Å². The third-order valence-corrected chi connectivity index (χ3v) is 4.00. The molecule has 0 saturated carbocycles. The van der Waals surface area contributed by atoms with Crippen molar-refractivity contribution in [1.29, 1.82) is 0 Å². The Morgan fingerprint density at radius 3 is 2.33 bits per heavy atom. The zero-order valence-electron chi connectivity index (χ0n) is 15.5. The Balaban J connectivity index is 0.00000364. The number of hydrogen-bond donors (Lipinski definition) is 2. The van der Waals surface area contributed by atoms with Crippen molar-refractivity contribution in [2.45, 2.75) is 32.6 Å². The SMILES string of the molecule is CCNC(=NCc1ccc(CN2CCOCC2)cc1)NCCC(F)(F)F.I. The summed E-state index contributed by atoms with van der Waals surface area (Å²) < 4.78 is 42.1. The highest BCUT2D eigenvalue weighted by molar-refractivity contribution is 14.0. The predicted molar refractivity (Wildman–Crippen MR) is 111 cm³/mol. The third-order valence-electron chi connectivity index (χ3n) is 4.00. The van der Waals surface area contributed by atoms with Crippen molar-refractivity contribution in [3.8, 4) is 0 Å². The van der Waals surface area contributed by atoms with Gasteiger partial charge in [0.05, 0.1) is 26.2 Å². The molecule has 1 heterocycles. The van der Waals surface area contributed by atoms with Crippen LogP contribution in [0.5, 0.6) is 0 Å². The lowest BCUT2D eigenvalue weighted by atomic mass is 10.1. The van der Waals surface area contributed by atoms with Gasteiger partial charge in [-0.1, -0.05) is 24.3 Å². The molecule has 1 fully saturated rings. The topological polar surface area (TPSA) is 48.9 Å². The maximum Gasteiger partial charge on any atom is 0.390 e. The molecule has 1 aliphatic rings. The quantitative estimate of drug-likeness (QED) is 0.343. The van der Waals surface area contributed by atoms with E-state index in [1.54, 1.807) is 0 Å². The number of hydrogen-bond acceptors (Lipinski definition) is 3. The van der Waals surface area contributed by atoms with Crippen molar-refractivity contribution in [3.63, 3.8) is 0 Å². The van der Waals surface area contributed by atoms with Gasteiger partial charge in [0.1, 0.15) is 0 Å². The van der Waals surface area contributed by atoms with E-state index in [1.807, 2.05) is 19.1 Å². The van der Waals surface area contributed by atoms with Gasteiger partial charge in [-0.3, -0.25) is 4.90 Å². The summed E-state index contributed by atoms with van der Waals surface area (Å²) in [5.41, 5.74) is 2.25. The lowest BCUT2D eigenvalue weighted by molar-refractivity contribution is -0.132. The molecule has 1 aromatic carbocycles. The predicted octanol–water partition coefficient (Wildman–Crippen LogP) is 3.14. The van der Waals surface area contributed by atoms with Gasteiger partial charge in [0.25, 0.3) is 0 Å². The normalized spacial score (nSPS) is 15.9. The summed E-state index contributed by atoms with van der Waals surface area (Å²) in [7, 11) is 0. The summed E-state index contributed by atoms with van der Waals surface area (Å²) in [6, 6.07) is 8.17. The Labute approximate surface area is 175 Å². The molecule has 27 heavy (non-hydrogen) atoms. The van der Waals surface area contributed by atoms with E-state index >= 15 is 0 Å². The van der Waals surface area contributed by atoms with E-state index in [9.17, 15) is 13.2 Å². The second-order valence-electron chi connectivity index (χ2n) is 6.19. The smallest absolute Gasteiger partial charge is 0.379 e. The fraction of sp³-hybridized carbons (Fsp3) is 0.611. The summed E-state index contributed by atoms with van der Waals surface area (Å²) in [4.78, 5) is 6.70. The maximum atomic E-state index is 12.2. The van der Waals surface area contributed by atoms with E-state index in [1.165, 1.54) is 5.56 Å². The zero-order valence-corrected chi connectivity index (χ0v) is 17.8. The number of alkyl halides is 3. The number of nitrogens with zero attached hydrogens (tertiary/aromatic N) is 2. The monoisotopic (exact) mass is 500 g/mol. The highest BCUT2D eigenvalue weighted by Crippen LogP contribution is 2.18. The molecule has 0 amide bonds. The molecule has 0 aliphatic carbocycles. The Hall–Kier alpha value is -1.07. The first-order valence-electron chi connectivity index (χ1n) is 8.93. The van der Waals surface area contributed by atoms with Gasteiger partial charge in [-0.15, -0.1) is 24.0 Å². The Morgan fingerprint density at radius 1 is 1.11 bits per heavy atom. The minimum atomic E-state index is -4.17. The Bertz CT molecular complexity index is 561. The second-order valence-corrected chi connectivity index (χ2v) is 6.19. The van der Waals surface area contributed by atoms with Gasteiger partial charge in [-0.2, -0.15) is 13.2 Å². The van der Waals surface area contributed by atoms with Crippen molar-refractivity contribution < 1.29 is 17.9 Å². The lowest BCUT2D eigenvalue weighted by Gasteiger charge is -2.26. The van der Waals surface area contributed by atoms with Crippen LogP contribution in [0.4, 0.5) is 13.2 Å². The zero-order chi connectivity index (χ0) is 18.8. The maximum absolute atomic E-state index is 12.2. The minimum Gasteiger partial charge on any atom is -0.379 e. The van der Waals surface area contributed by atoms with Gasteiger partial charge in [-0.05, 0) is 18.1 Å². The van der Waals surface area contributed by atoms with E-state index in [0.717, 1.165) is 38.4 Å².